The molecule has 1 fully saturated rings. The highest BCUT2D eigenvalue weighted by atomic mass is 35.5. The van der Waals surface area contributed by atoms with Crippen LogP contribution in [0.5, 0.6) is 5.75 Å². The van der Waals surface area contributed by atoms with Crippen LogP contribution in [0.4, 0.5) is 0 Å². The Kier molecular flexibility index (Phi) is 6.80. The van der Waals surface area contributed by atoms with Gasteiger partial charge in [-0.3, -0.25) is 9.59 Å². The molecule has 1 aliphatic rings. The summed E-state index contributed by atoms with van der Waals surface area (Å²) in [6, 6.07) is 15.2. The number of nitrogens with zero attached hydrogens (tertiary/aromatic N) is 1. The third-order valence-corrected chi connectivity index (χ3v) is 6.17. The molecule has 3 aromatic rings. The van der Waals surface area contributed by atoms with E-state index in [1.165, 1.54) is 17.2 Å². The highest BCUT2D eigenvalue weighted by Crippen LogP contribution is 2.41. The highest BCUT2D eigenvalue weighted by molar-refractivity contribution is 6.46. The van der Waals surface area contributed by atoms with Crippen molar-refractivity contribution in [3.05, 3.63) is 93.9 Å². The van der Waals surface area contributed by atoms with Crippen molar-refractivity contribution in [1.82, 2.24) is 4.90 Å². The van der Waals surface area contributed by atoms with Crippen molar-refractivity contribution in [3.63, 3.8) is 0 Å². The molecule has 0 bridgehead atoms. The van der Waals surface area contributed by atoms with Gasteiger partial charge in [-0.2, -0.15) is 0 Å². The number of ketones is 1. The van der Waals surface area contributed by atoms with Crippen LogP contribution in [-0.2, 0) is 16.1 Å². The molecule has 0 aliphatic carbocycles. The number of carbonyl (C=O) groups excluding carboxylic acids is 2. The Morgan fingerprint density at radius 1 is 1.15 bits per heavy atom. The molecule has 1 unspecified atom stereocenters. The van der Waals surface area contributed by atoms with Crippen molar-refractivity contribution >= 4 is 29.1 Å². The van der Waals surface area contributed by atoms with E-state index in [1.807, 2.05) is 31.2 Å². The normalized spacial score (nSPS) is 17.6. The standard InChI is InChI=1S/C27H26ClNO5/c1-4-33-22-12-11-19(14-21(22)28)25(30)23-24(18-9-7-17(8-10-18)16(2)3)29(27(32)26(23)31)15-20-6-5-13-34-20/h5-14,16,24,30H,4,15H2,1-3H3/b25-23-. The van der Waals surface area contributed by atoms with E-state index in [4.69, 9.17) is 20.8 Å². The fourth-order valence-electron chi connectivity index (χ4n) is 4.10. The second kappa shape index (κ2) is 9.77. The third-order valence-electron chi connectivity index (χ3n) is 5.87. The van der Waals surface area contributed by atoms with Crippen molar-refractivity contribution in [2.45, 2.75) is 39.3 Å². The van der Waals surface area contributed by atoms with Gasteiger partial charge >= 0.3 is 0 Å². The Hall–Kier alpha value is -3.51. The zero-order chi connectivity index (χ0) is 24.4. The van der Waals surface area contributed by atoms with Crippen molar-refractivity contribution in [2.24, 2.45) is 0 Å². The van der Waals surface area contributed by atoms with Crippen LogP contribution in [-0.4, -0.2) is 28.3 Å². The molecule has 1 amide bonds. The third kappa shape index (κ3) is 4.46. The van der Waals surface area contributed by atoms with Crippen LogP contribution in [0.3, 0.4) is 0 Å². The molecule has 0 saturated carbocycles. The first-order valence-corrected chi connectivity index (χ1v) is 11.5. The van der Waals surface area contributed by atoms with Crippen LogP contribution < -0.4 is 4.74 Å². The minimum absolute atomic E-state index is 0.00841. The number of benzene rings is 2. The van der Waals surface area contributed by atoms with Gasteiger partial charge in [0.15, 0.2) is 0 Å². The smallest absolute Gasteiger partial charge is 0.296 e. The van der Waals surface area contributed by atoms with Crippen LogP contribution >= 0.6 is 11.6 Å². The summed E-state index contributed by atoms with van der Waals surface area (Å²) in [5.74, 6) is -0.410. The number of furan rings is 1. The maximum Gasteiger partial charge on any atom is 0.296 e. The summed E-state index contributed by atoms with van der Waals surface area (Å²) in [7, 11) is 0. The first-order valence-electron chi connectivity index (χ1n) is 11.1. The van der Waals surface area contributed by atoms with Crippen LogP contribution in [0.25, 0.3) is 5.76 Å². The van der Waals surface area contributed by atoms with Gasteiger partial charge in [-0.15, -0.1) is 0 Å². The van der Waals surface area contributed by atoms with Gasteiger partial charge in [0.2, 0.25) is 0 Å². The lowest BCUT2D eigenvalue weighted by molar-refractivity contribution is -0.140. The van der Waals surface area contributed by atoms with Gasteiger partial charge in [-0.05, 0) is 54.3 Å². The van der Waals surface area contributed by atoms with E-state index in [-0.39, 0.29) is 17.9 Å². The lowest BCUT2D eigenvalue weighted by Crippen LogP contribution is -2.29. The van der Waals surface area contributed by atoms with Crippen LogP contribution in [0, 0.1) is 0 Å². The highest BCUT2D eigenvalue weighted by Gasteiger charge is 2.46. The first kappa shape index (κ1) is 23.6. The van der Waals surface area contributed by atoms with E-state index in [0.717, 1.165) is 5.56 Å². The molecule has 0 radical (unpaired) electrons. The summed E-state index contributed by atoms with van der Waals surface area (Å²) in [5, 5.41) is 11.5. The minimum Gasteiger partial charge on any atom is -0.507 e. The number of aliphatic hydroxyl groups is 1. The molecular weight excluding hydrogens is 454 g/mol. The van der Waals surface area contributed by atoms with Crippen molar-refractivity contribution in [2.75, 3.05) is 6.61 Å². The molecule has 1 saturated heterocycles. The first-order chi connectivity index (χ1) is 16.3. The molecule has 4 rings (SSSR count). The second-order valence-electron chi connectivity index (χ2n) is 8.41. The number of halogens is 1. The van der Waals surface area contributed by atoms with Gasteiger partial charge in [0.05, 0.1) is 36.1 Å². The Labute approximate surface area is 203 Å². The fraction of sp³-hybridized carbons (Fsp3) is 0.259. The quantitative estimate of drug-likeness (QED) is 0.252. The van der Waals surface area contributed by atoms with Crippen LogP contribution in [0.2, 0.25) is 5.02 Å². The molecule has 2 aromatic carbocycles. The van der Waals surface area contributed by atoms with Gasteiger partial charge in [-0.25, -0.2) is 0 Å². The SMILES string of the molecule is CCOc1ccc(/C(O)=C2/C(=O)C(=O)N(Cc3ccco3)C2c2ccc(C(C)C)cc2)cc1Cl. The van der Waals surface area contributed by atoms with Crippen molar-refractivity contribution in [1.29, 1.82) is 0 Å². The lowest BCUT2D eigenvalue weighted by Gasteiger charge is -2.25. The maximum atomic E-state index is 13.2. The van der Waals surface area contributed by atoms with Gasteiger partial charge in [0.25, 0.3) is 11.7 Å². The Morgan fingerprint density at radius 3 is 2.47 bits per heavy atom. The average Bonchev–Trinajstić information content (AvgIpc) is 3.42. The zero-order valence-corrected chi connectivity index (χ0v) is 20.0. The number of Topliss-reactive ketones (excluding diaryl/α,β-unsaturated/α-hetero) is 1. The molecule has 1 N–H and O–H groups in total. The molecule has 2 heterocycles. The number of rotatable bonds is 7. The fourth-order valence-corrected chi connectivity index (χ4v) is 4.33. The van der Waals surface area contributed by atoms with Crippen molar-refractivity contribution in [3.8, 4) is 5.75 Å². The second-order valence-corrected chi connectivity index (χ2v) is 8.81. The Balaban J connectivity index is 1.83. The van der Waals surface area contributed by atoms with E-state index in [2.05, 4.69) is 13.8 Å². The van der Waals surface area contributed by atoms with Gasteiger partial charge in [0, 0.05) is 5.56 Å². The van der Waals surface area contributed by atoms with E-state index in [1.54, 1.807) is 24.3 Å². The number of hydrogen-bond acceptors (Lipinski definition) is 5. The Bertz CT molecular complexity index is 1230. The topological polar surface area (TPSA) is 80.0 Å². The van der Waals surface area contributed by atoms with E-state index in [0.29, 0.717) is 40.2 Å². The molecule has 1 aliphatic heterocycles. The zero-order valence-electron chi connectivity index (χ0n) is 19.2. The number of amides is 1. The van der Waals surface area contributed by atoms with E-state index >= 15 is 0 Å². The van der Waals surface area contributed by atoms with Crippen LogP contribution in [0.1, 0.15) is 55.2 Å². The Morgan fingerprint density at radius 2 is 1.88 bits per heavy atom. The number of carbonyl (C=O) groups is 2. The maximum absolute atomic E-state index is 13.2. The number of ether oxygens (including phenoxy) is 1. The average molecular weight is 480 g/mol. The summed E-state index contributed by atoms with van der Waals surface area (Å²) >= 11 is 6.31. The summed E-state index contributed by atoms with van der Waals surface area (Å²) in [4.78, 5) is 27.7. The molecular formula is C27H26ClNO5. The summed E-state index contributed by atoms with van der Waals surface area (Å²) in [6.07, 6.45) is 1.51. The van der Waals surface area contributed by atoms with E-state index in [9.17, 15) is 14.7 Å². The largest absolute Gasteiger partial charge is 0.507 e. The van der Waals surface area contributed by atoms with Gasteiger partial charge < -0.3 is 19.2 Å². The lowest BCUT2D eigenvalue weighted by atomic mass is 9.93. The molecule has 176 valence electrons. The van der Waals surface area contributed by atoms with E-state index < -0.39 is 17.7 Å². The van der Waals surface area contributed by atoms with Gasteiger partial charge in [-0.1, -0.05) is 49.7 Å². The van der Waals surface area contributed by atoms with Crippen molar-refractivity contribution < 1.29 is 23.8 Å². The predicted octanol–water partition coefficient (Wildman–Crippen LogP) is 6.08. The molecule has 6 nitrogen and oxygen atoms in total. The molecule has 7 heteroatoms. The molecule has 0 spiro atoms. The monoisotopic (exact) mass is 479 g/mol. The number of aliphatic hydroxyl groups excluding tert-OH is 1. The summed E-state index contributed by atoms with van der Waals surface area (Å²) in [6.45, 7) is 6.56. The van der Waals surface area contributed by atoms with Crippen LogP contribution in [0.15, 0.2) is 70.9 Å². The molecule has 34 heavy (non-hydrogen) atoms. The number of likely N-dealkylation sites (tertiary alicyclic amines) is 1. The minimum atomic E-state index is -0.781. The summed E-state index contributed by atoms with van der Waals surface area (Å²) < 4.78 is 10.9. The molecule has 1 atom stereocenters. The predicted molar refractivity (Wildman–Crippen MR) is 130 cm³/mol. The number of hydrogen-bond donors (Lipinski definition) is 1. The summed E-state index contributed by atoms with van der Waals surface area (Å²) in [5.41, 5.74) is 2.18. The molecule has 1 aromatic heterocycles. The van der Waals surface area contributed by atoms with Gasteiger partial charge in [0.1, 0.15) is 17.3 Å².